The summed E-state index contributed by atoms with van der Waals surface area (Å²) in [5, 5.41) is 3.10. The zero-order valence-electron chi connectivity index (χ0n) is 10.6. The molecular weight excluding hydrogens is 224 g/mol. The van der Waals surface area contributed by atoms with Crippen LogP contribution in [0.3, 0.4) is 0 Å². The number of nitrogens with one attached hydrogen (secondary N) is 1. The Labute approximate surface area is 108 Å². The van der Waals surface area contributed by atoms with Crippen molar-refractivity contribution >= 4 is 5.91 Å². The molecule has 0 heterocycles. The number of nitrogens with two attached hydrogens (primary N) is 1. The smallest absolute Gasteiger partial charge is 0.227 e. The Morgan fingerprint density at radius 1 is 1.39 bits per heavy atom. The number of benzene rings is 1. The Balaban J connectivity index is 1.56. The van der Waals surface area contributed by atoms with Gasteiger partial charge in [0.1, 0.15) is 0 Å². The van der Waals surface area contributed by atoms with Crippen molar-refractivity contribution in [2.24, 2.45) is 11.1 Å². The average Bonchev–Trinajstić information content (AvgIpc) is 2.29. The van der Waals surface area contributed by atoms with Crippen molar-refractivity contribution in [2.45, 2.75) is 31.6 Å². The first-order valence-electron chi connectivity index (χ1n) is 6.81. The van der Waals surface area contributed by atoms with Crippen LogP contribution >= 0.6 is 0 Å². The molecule has 0 radical (unpaired) electrons. The summed E-state index contributed by atoms with van der Waals surface area (Å²) in [5.41, 5.74) is 8.31. The molecule has 2 aliphatic carbocycles. The van der Waals surface area contributed by atoms with Crippen molar-refractivity contribution in [1.82, 2.24) is 5.32 Å². The third-order valence-electron chi connectivity index (χ3n) is 4.65. The summed E-state index contributed by atoms with van der Waals surface area (Å²) in [6.45, 7) is 1.25. The quantitative estimate of drug-likeness (QED) is 0.844. The predicted octanol–water partition coefficient (Wildman–Crippen LogP) is 1.57. The Hall–Kier alpha value is -1.35. The fourth-order valence-electron chi connectivity index (χ4n) is 3.08. The maximum absolute atomic E-state index is 12.1. The van der Waals surface area contributed by atoms with Crippen molar-refractivity contribution in [3.8, 4) is 0 Å². The standard InChI is InChI=1S/C15H20N2O/c16-10-15(6-3-7-15)14(18)17-9-12-8-11-4-1-2-5-13(11)12/h1-2,4-5,12H,3,6-10,16H2,(H,17,18). The third-order valence-corrected chi connectivity index (χ3v) is 4.65. The van der Waals surface area contributed by atoms with Gasteiger partial charge >= 0.3 is 0 Å². The van der Waals surface area contributed by atoms with E-state index in [4.69, 9.17) is 5.73 Å². The lowest BCUT2D eigenvalue weighted by Gasteiger charge is -2.40. The molecule has 3 N–H and O–H groups in total. The zero-order valence-corrected chi connectivity index (χ0v) is 10.6. The first-order valence-corrected chi connectivity index (χ1v) is 6.81. The highest BCUT2D eigenvalue weighted by Crippen LogP contribution is 2.40. The van der Waals surface area contributed by atoms with E-state index in [2.05, 4.69) is 29.6 Å². The van der Waals surface area contributed by atoms with Crippen LogP contribution in [0.1, 0.15) is 36.3 Å². The lowest BCUT2D eigenvalue weighted by molar-refractivity contribution is -0.135. The Morgan fingerprint density at radius 3 is 2.78 bits per heavy atom. The maximum atomic E-state index is 12.1. The normalized spacial score (nSPS) is 23.5. The minimum atomic E-state index is -0.247. The van der Waals surface area contributed by atoms with Crippen molar-refractivity contribution < 1.29 is 4.79 Å². The van der Waals surface area contributed by atoms with E-state index in [9.17, 15) is 4.79 Å². The molecule has 0 aromatic heterocycles. The van der Waals surface area contributed by atoms with Gasteiger partial charge in [-0.25, -0.2) is 0 Å². The number of amides is 1. The third kappa shape index (κ3) is 1.74. The fourth-order valence-corrected chi connectivity index (χ4v) is 3.08. The molecule has 0 saturated heterocycles. The van der Waals surface area contributed by atoms with E-state index in [-0.39, 0.29) is 11.3 Å². The molecule has 0 spiro atoms. The molecule has 1 saturated carbocycles. The molecule has 96 valence electrons. The molecule has 3 rings (SSSR count). The van der Waals surface area contributed by atoms with E-state index >= 15 is 0 Å². The van der Waals surface area contributed by atoms with Crippen LogP contribution in [0.15, 0.2) is 24.3 Å². The van der Waals surface area contributed by atoms with Gasteiger partial charge in [-0.1, -0.05) is 30.7 Å². The number of rotatable bonds is 4. The molecule has 3 heteroatoms. The second-order valence-corrected chi connectivity index (χ2v) is 5.65. The lowest BCUT2D eigenvalue weighted by atomic mass is 9.68. The van der Waals surface area contributed by atoms with Crippen LogP contribution in [-0.2, 0) is 11.2 Å². The zero-order chi connectivity index (χ0) is 12.6. The molecule has 0 aliphatic heterocycles. The van der Waals surface area contributed by atoms with Crippen molar-refractivity contribution in [1.29, 1.82) is 0 Å². The number of hydrogen-bond donors (Lipinski definition) is 2. The van der Waals surface area contributed by atoms with Gasteiger partial charge in [-0.3, -0.25) is 4.79 Å². The van der Waals surface area contributed by atoms with Gasteiger partial charge in [0, 0.05) is 19.0 Å². The Morgan fingerprint density at radius 2 is 2.17 bits per heavy atom. The average molecular weight is 244 g/mol. The monoisotopic (exact) mass is 244 g/mol. The van der Waals surface area contributed by atoms with Gasteiger partial charge in [-0.2, -0.15) is 0 Å². The SMILES string of the molecule is NCC1(C(=O)NCC2Cc3ccccc32)CCC1. The lowest BCUT2D eigenvalue weighted by Crippen LogP contribution is -2.51. The number of hydrogen-bond acceptors (Lipinski definition) is 2. The van der Waals surface area contributed by atoms with E-state index in [0.717, 1.165) is 32.2 Å². The van der Waals surface area contributed by atoms with Crippen LogP contribution in [0.5, 0.6) is 0 Å². The Kier molecular flexibility index (Phi) is 2.86. The summed E-state index contributed by atoms with van der Waals surface area (Å²) in [7, 11) is 0. The second kappa shape index (κ2) is 4.39. The molecule has 0 bridgehead atoms. The second-order valence-electron chi connectivity index (χ2n) is 5.65. The molecule has 1 amide bonds. The highest BCUT2D eigenvalue weighted by atomic mass is 16.2. The summed E-state index contributed by atoms with van der Waals surface area (Å²) in [6, 6.07) is 8.48. The van der Waals surface area contributed by atoms with E-state index in [1.54, 1.807) is 0 Å². The number of carbonyl (C=O) groups is 1. The van der Waals surface area contributed by atoms with Gasteiger partial charge in [-0.15, -0.1) is 0 Å². The van der Waals surface area contributed by atoms with Crippen LogP contribution < -0.4 is 11.1 Å². The summed E-state index contributed by atoms with van der Waals surface area (Å²) >= 11 is 0. The van der Waals surface area contributed by atoms with Crippen LogP contribution in [-0.4, -0.2) is 19.0 Å². The molecule has 1 unspecified atom stereocenters. The molecule has 2 aliphatic rings. The van der Waals surface area contributed by atoms with Crippen LogP contribution in [0.4, 0.5) is 0 Å². The van der Waals surface area contributed by atoms with E-state index in [0.29, 0.717) is 12.5 Å². The first-order chi connectivity index (χ1) is 8.75. The highest BCUT2D eigenvalue weighted by Gasteiger charge is 2.43. The van der Waals surface area contributed by atoms with Crippen molar-refractivity contribution in [3.05, 3.63) is 35.4 Å². The van der Waals surface area contributed by atoms with Gasteiger partial charge in [0.05, 0.1) is 5.41 Å². The first kappa shape index (κ1) is 11.7. The van der Waals surface area contributed by atoms with Gasteiger partial charge in [-0.05, 0) is 30.4 Å². The van der Waals surface area contributed by atoms with Crippen LogP contribution in [0.25, 0.3) is 0 Å². The molecular formula is C15H20N2O. The van der Waals surface area contributed by atoms with Crippen molar-refractivity contribution in [2.75, 3.05) is 13.1 Å². The van der Waals surface area contributed by atoms with Crippen molar-refractivity contribution in [3.63, 3.8) is 0 Å². The minimum Gasteiger partial charge on any atom is -0.355 e. The summed E-state index contributed by atoms with van der Waals surface area (Å²) < 4.78 is 0. The molecule has 3 nitrogen and oxygen atoms in total. The van der Waals surface area contributed by atoms with E-state index < -0.39 is 0 Å². The molecule has 1 aromatic carbocycles. The summed E-state index contributed by atoms with van der Waals surface area (Å²) in [4.78, 5) is 12.1. The predicted molar refractivity (Wildman–Crippen MR) is 71.2 cm³/mol. The molecule has 1 fully saturated rings. The van der Waals surface area contributed by atoms with Gasteiger partial charge in [0.15, 0.2) is 0 Å². The highest BCUT2D eigenvalue weighted by molar-refractivity contribution is 5.83. The number of carbonyl (C=O) groups excluding carboxylic acids is 1. The molecule has 1 atom stereocenters. The maximum Gasteiger partial charge on any atom is 0.227 e. The summed E-state index contributed by atoms with van der Waals surface area (Å²) in [6.07, 6.45) is 4.14. The van der Waals surface area contributed by atoms with Crippen LogP contribution in [0.2, 0.25) is 0 Å². The minimum absolute atomic E-state index is 0.167. The Bertz CT molecular complexity index is 460. The summed E-state index contributed by atoms with van der Waals surface area (Å²) in [5.74, 6) is 0.667. The van der Waals surface area contributed by atoms with Gasteiger partial charge in [0.25, 0.3) is 0 Å². The van der Waals surface area contributed by atoms with E-state index in [1.165, 1.54) is 11.1 Å². The van der Waals surface area contributed by atoms with Gasteiger partial charge in [0.2, 0.25) is 5.91 Å². The largest absolute Gasteiger partial charge is 0.355 e. The fraction of sp³-hybridized carbons (Fsp3) is 0.533. The van der Waals surface area contributed by atoms with Crippen LogP contribution in [0, 0.1) is 5.41 Å². The molecule has 18 heavy (non-hydrogen) atoms. The van der Waals surface area contributed by atoms with Gasteiger partial charge < -0.3 is 11.1 Å². The van der Waals surface area contributed by atoms with E-state index in [1.807, 2.05) is 0 Å². The topological polar surface area (TPSA) is 55.1 Å². The number of fused-ring (bicyclic) bond motifs is 1. The molecule has 1 aromatic rings.